The predicted molar refractivity (Wildman–Crippen MR) is 108 cm³/mol. The molecule has 26 heavy (non-hydrogen) atoms. The summed E-state index contributed by atoms with van der Waals surface area (Å²) >= 11 is 0. The van der Waals surface area contributed by atoms with Gasteiger partial charge < -0.3 is 0 Å². The van der Waals surface area contributed by atoms with E-state index in [1.54, 1.807) is 12.1 Å². The Morgan fingerprint density at radius 1 is 0.885 bits per heavy atom. The van der Waals surface area contributed by atoms with E-state index in [2.05, 4.69) is 13.0 Å². The fraction of sp³-hybridized carbons (Fsp3) is 0.667. The Bertz CT molecular complexity index is 547. The molecule has 0 heterocycles. The molecule has 1 unspecified atom stereocenters. The highest BCUT2D eigenvalue weighted by Gasteiger charge is 2.18. The minimum absolute atomic E-state index is 0.461. The van der Waals surface area contributed by atoms with Crippen LogP contribution in [0.15, 0.2) is 24.3 Å². The van der Waals surface area contributed by atoms with Crippen molar-refractivity contribution in [1.82, 2.24) is 0 Å². The molecule has 0 saturated heterocycles. The van der Waals surface area contributed by atoms with E-state index in [4.69, 9.17) is 0 Å². The van der Waals surface area contributed by atoms with Gasteiger partial charge >= 0.3 is 0 Å². The van der Waals surface area contributed by atoms with Gasteiger partial charge in [-0.1, -0.05) is 95.8 Å². The molecular weight excluding hydrogens is 326 g/mol. The maximum atomic E-state index is 13.9. The van der Waals surface area contributed by atoms with Gasteiger partial charge in [-0.25, -0.2) is 8.78 Å². The van der Waals surface area contributed by atoms with Crippen molar-refractivity contribution >= 4 is 5.57 Å². The molecule has 0 amide bonds. The first kappa shape index (κ1) is 21.1. The van der Waals surface area contributed by atoms with Crippen molar-refractivity contribution in [2.45, 2.75) is 96.8 Å². The molecule has 0 saturated carbocycles. The van der Waals surface area contributed by atoms with Gasteiger partial charge in [0.15, 0.2) is 11.6 Å². The Labute approximate surface area is 159 Å². The number of hydrogen-bond acceptors (Lipinski definition) is 0. The molecule has 1 aliphatic carbocycles. The first-order chi connectivity index (χ1) is 12.7. The highest BCUT2D eigenvalue weighted by atomic mass is 19.2. The van der Waals surface area contributed by atoms with Crippen LogP contribution in [0.1, 0.15) is 102 Å². The third-order valence-corrected chi connectivity index (χ3v) is 5.78. The van der Waals surface area contributed by atoms with Gasteiger partial charge in [0.05, 0.1) is 0 Å². The molecule has 0 radical (unpaired) electrons. The lowest BCUT2D eigenvalue weighted by molar-refractivity contribution is 0.421. The molecule has 0 aromatic heterocycles. The van der Waals surface area contributed by atoms with Crippen molar-refractivity contribution in [1.29, 1.82) is 0 Å². The van der Waals surface area contributed by atoms with E-state index in [0.29, 0.717) is 5.56 Å². The van der Waals surface area contributed by atoms with Crippen LogP contribution in [-0.2, 0) is 0 Å². The lowest BCUT2D eigenvalue weighted by Crippen LogP contribution is -2.06. The third kappa shape index (κ3) is 7.21. The quantitative estimate of drug-likeness (QED) is 0.327. The number of unbranched alkanes of at least 4 members (excludes halogenated alkanes) is 9. The highest BCUT2D eigenvalue weighted by Crippen LogP contribution is 2.34. The van der Waals surface area contributed by atoms with Crippen LogP contribution >= 0.6 is 0 Å². The summed E-state index contributed by atoms with van der Waals surface area (Å²) in [6.45, 7) is 2.27. The maximum Gasteiger partial charge on any atom is 0.166 e. The zero-order valence-electron chi connectivity index (χ0n) is 16.5. The van der Waals surface area contributed by atoms with Gasteiger partial charge in [0, 0.05) is 5.56 Å². The van der Waals surface area contributed by atoms with Crippen molar-refractivity contribution < 1.29 is 8.78 Å². The minimum atomic E-state index is -0.740. The second-order valence-corrected chi connectivity index (χ2v) is 7.94. The van der Waals surface area contributed by atoms with Crippen LogP contribution in [0.2, 0.25) is 0 Å². The van der Waals surface area contributed by atoms with E-state index in [0.717, 1.165) is 30.8 Å². The molecule has 1 aliphatic rings. The zero-order valence-corrected chi connectivity index (χ0v) is 16.5. The Hall–Kier alpha value is -1.18. The van der Waals surface area contributed by atoms with E-state index < -0.39 is 11.6 Å². The van der Waals surface area contributed by atoms with Crippen LogP contribution in [0.3, 0.4) is 0 Å². The normalized spacial score (nSPS) is 17.3. The average Bonchev–Trinajstić information content (AvgIpc) is 2.66. The lowest BCUT2D eigenvalue weighted by atomic mass is 9.83. The fourth-order valence-corrected chi connectivity index (χ4v) is 4.07. The van der Waals surface area contributed by atoms with E-state index in [9.17, 15) is 8.78 Å². The van der Waals surface area contributed by atoms with Crippen LogP contribution in [0.4, 0.5) is 8.78 Å². The van der Waals surface area contributed by atoms with Gasteiger partial charge in [0.2, 0.25) is 0 Å². The van der Waals surface area contributed by atoms with Crippen LogP contribution in [0.25, 0.3) is 5.57 Å². The summed E-state index contributed by atoms with van der Waals surface area (Å²) in [5, 5.41) is 0. The Morgan fingerprint density at radius 3 is 2.15 bits per heavy atom. The van der Waals surface area contributed by atoms with Crippen molar-refractivity contribution in [3.8, 4) is 0 Å². The van der Waals surface area contributed by atoms with Crippen molar-refractivity contribution in [3.63, 3.8) is 0 Å². The molecule has 0 bridgehead atoms. The molecule has 2 heteroatoms. The Balaban J connectivity index is 1.56. The molecule has 0 nitrogen and oxygen atoms in total. The van der Waals surface area contributed by atoms with Gasteiger partial charge in [-0.05, 0) is 36.8 Å². The Kier molecular flexibility index (Phi) is 9.95. The second-order valence-electron chi connectivity index (χ2n) is 7.94. The van der Waals surface area contributed by atoms with Crippen LogP contribution in [-0.4, -0.2) is 0 Å². The van der Waals surface area contributed by atoms with Crippen LogP contribution in [0, 0.1) is 17.6 Å². The van der Waals surface area contributed by atoms with Gasteiger partial charge in [-0.2, -0.15) is 0 Å². The molecule has 2 rings (SSSR count). The smallest absolute Gasteiger partial charge is 0.166 e. The predicted octanol–water partition coefficient (Wildman–Crippen LogP) is 8.46. The summed E-state index contributed by atoms with van der Waals surface area (Å²) in [7, 11) is 0. The largest absolute Gasteiger partial charge is 0.204 e. The molecule has 1 atom stereocenters. The maximum absolute atomic E-state index is 13.9. The van der Waals surface area contributed by atoms with E-state index in [-0.39, 0.29) is 0 Å². The molecule has 0 aliphatic heterocycles. The molecule has 146 valence electrons. The average molecular weight is 363 g/mol. The van der Waals surface area contributed by atoms with E-state index >= 15 is 0 Å². The topological polar surface area (TPSA) is 0 Å². The minimum Gasteiger partial charge on any atom is -0.204 e. The fourth-order valence-electron chi connectivity index (χ4n) is 4.07. The number of benzene rings is 1. The second kappa shape index (κ2) is 12.3. The monoisotopic (exact) mass is 362 g/mol. The van der Waals surface area contributed by atoms with E-state index in [1.165, 1.54) is 76.7 Å². The summed E-state index contributed by atoms with van der Waals surface area (Å²) in [5.41, 5.74) is 1.45. The zero-order chi connectivity index (χ0) is 18.6. The van der Waals surface area contributed by atoms with Gasteiger partial charge in [0.1, 0.15) is 0 Å². The summed E-state index contributed by atoms with van der Waals surface area (Å²) < 4.78 is 27.3. The van der Waals surface area contributed by atoms with Crippen molar-refractivity contribution in [2.24, 2.45) is 5.92 Å². The highest BCUT2D eigenvalue weighted by molar-refractivity contribution is 5.66. The molecule has 0 spiro atoms. The molecule has 0 N–H and O–H groups in total. The summed E-state index contributed by atoms with van der Waals surface area (Å²) in [6, 6.07) is 4.49. The van der Waals surface area contributed by atoms with E-state index in [1.807, 2.05) is 0 Å². The Morgan fingerprint density at radius 2 is 1.54 bits per heavy atom. The number of allylic oxidation sites excluding steroid dienone is 2. The number of rotatable bonds is 12. The van der Waals surface area contributed by atoms with Gasteiger partial charge in [-0.15, -0.1) is 0 Å². The molecule has 1 aromatic rings. The van der Waals surface area contributed by atoms with Crippen LogP contribution < -0.4 is 0 Å². The van der Waals surface area contributed by atoms with Gasteiger partial charge in [0.25, 0.3) is 0 Å². The molecule has 0 fully saturated rings. The van der Waals surface area contributed by atoms with Crippen molar-refractivity contribution in [2.75, 3.05) is 0 Å². The van der Waals surface area contributed by atoms with Gasteiger partial charge in [-0.3, -0.25) is 0 Å². The first-order valence-corrected chi connectivity index (χ1v) is 10.9. The summed E-state index contributed by atoms with van der Waals surface area (Å²) in [5.74, 6) is -0.702. The standard InChI is InChI=1S/C24H36F2/c1-2-3-4-5-6-7-8-9-10-11-13-20-16-18-21(19-17-20)22-14-12-15-23(25)24(22)26/h12,14-15,18,20H,2-11,13,16-17,19H2,1H3. The van der Waals surface area contributed by atoms with Crippen molar-refractivity contribution in [3.05, 3.63) is 41.5 Å². The number of hydrogen-bond donors (Lipinski definition) is 0. The first-order valence-electron chi connectivity index (χ1n) is 10.9. The summed E-state index contributed by atoms with van der Waals surface area (Å²) in [6.07, 6.45) is 20.2. The number of halogens is 2. The molecule has 1 aromatic carbocycles. The lowest BCUT2D eigenvalue weighted by Gasteiger charge is -2.22. The third-order valence-electron chi connectivity index (χ3n) is 5.78. The summed E-state index contributed by atoms with van der Waals surface area (Å²) in [4.78, 5) is 0. The van der Waals surface area contributed by atoms with Crippen LogP contribution in [0.5, 0.6) is 0 Å². The molecular formula is C24H36F2. The SMILES string of the molecule is CCCCCCCCCCCCC1CC=C(c2cccc(F)c2F)CC1.